The van der Waals surface area contributed by atoms with E-state index in [1.807, 2.05) is 13.0 Å². The highest BCUT2D eigenvalue weighted by molar-refractivity contribution is 6.31. The van der Waals surface area contributed by atoms with Crippen LogP contribution in [0, 0.1) is 6.92 Å². The normalized spacial score (nSPS) is 16.7. The van der Waals surface area contributed by atoms with Gasteiger partial charge in [-0.15, -0.1) is 0 Å². The van der Waals surface area contributed by atoms with E-state index in [4.69, 9.17) is 11.6 Å². The van der Waals surface area contributed by atoms with E-state index in [1.54, 1.807) is 17.0 Å². The molecule has 17 heavy (non-hydrogen) atoms. The van der Waals surface area contributed by atoms with Crippen molar-refractivity contribution in [3.8, 4) is 0 Å². The fraction of sp³-hybridized carbons (Fsp3) is 0.333. The van der Waals surface area contributed by atoms with Gasteiger partial charge in [0.1, 0.15) is 0 Å². The Labute approximate surface area is 105 Å². The molecule has 1 N–H and O–H groups in total. The average Bonchev–Trinajstić information content (AvgIpc) is 2.46. The number of benzene rings is 1. The van der Waals surface area contributed by atoms with Crippen molar-refractivity contribution in [2.75, 3.05) is 18.0 Å². The highest BCUT2D eigenvalue weighted by Crippen LogP contribution is 2.27. The van der Waals surface area contributed by atoms with E-state index in [2.05, 4.69) is 5.32 Å². The summed E-state index contributed by atoms with van der Waals surface area (Å²) in [5.41, 5.74) is 1.64. The van der Waals surface area contributed by atoms with Crippen molar-refractivity contribution in [1.82, 2.24) is 5.32 Å². The summed E-state index contributed by atoms with van der Waals surface area (Å²) in [5.74, 6) is -0.207. The van der Waals surface area contributed by atoms with Crippen molar-refractivity contribution in [3.63, 3.8) is 0 Å². The molecule has 1 aliphatic heterocycles. The average molecular weight is 253 g/mol. The zero-order valence-corrected chi connectivity index (χ0v) is 10.3. The topological polar surface area (TPSA) is 49.4 Å². The van der Waals surface area contributed by atoms with Gasteiger partial charge >= 0.3 is 0 Å². The Morgan fingerprint density at radius 2 is 2.12 bits per heavy atom. The smallest absolute Gasteiger partial charge is 0.246 e. The number of anilines is 1. The maximum atomic E-state index is 11.9. The second-order valence-electron chi connectivity index (χ2n) is 3.96. The summed E-state index contributed by atoms with van der Waals surface area (Å²) in [5, 5.41) is 3.19. The van der Waals surface area contributed by atoms with E-state index in [0.717, 1.165) is 11.3 Å². The van der Waals surface area contributed by atoms with E-state index in [-0.39, 0.29) is 18.4 Å². The summed E-state index contributed by atoms with van der Waals surface area (Å²) in [6.07, 6.45) is 0.317. The highest BCUT2D eigenvalue weighted by Gasteiger charge is 2.22. The van der Waals surface area contributed by atoms with E-state index in [1.165, 1.54) is 0 Å². The first-order chi connectivity index (χ1) is 8.09. The SMILES string of the molecule is Cc1c(Cl)cccc1N1CCC(=O)NCC1=O. The van der Waals surface area contributed by atoms with Crippen molar-refractivity contribution in [2.24, 2.45) is 0 Å². The van der Waals surface area contributed by atoms with E-state index in [0.29, 0.717) is 18.0 Å². The molecule has 0 bridgehead atoms. The molecular weight excluding hydrogens is 240 g/mol. The number of halogens is 1. The molecular formula is C12H13ClN2O2. The van der Waals surface area contributed by atoms with Gasteiger partial charge in [0.15, 0.2) is 0 Å². The Bertz CT molecular complexity index is 474. The van der Waals surface area contributed by atoms with Gasteiger partial charge in [-0.05, 0) is 24.6 Å². The molecule has 1 aromatic carbocycles. The first-order valence-corrected chi connectivity index (χ1v) is 5.79. The first kappa shape index (κ1) is 11.9. The lowest BCUT2D eigenvalue weighted by Crippen LogP contribution is -2.35. The molecule has 2 amide bonds. The minimum absolute atomic E-state index is 0.0464. The summed E-state index contributed by atoms with van der Waals surface area (Å²) in [6.45, 7) is 2.31. The molecule has 90 valence electrons. The zero-order chi connectivity index (χ0) is 12.4. The number of hydrogen-bond acceptors (Lipinski definition) is 2. The van der Waals surface area contributed by atoms with Gasteiger partial charge in [0.05, 0.1) is 6.54 Å². The fourth-order valence-corrected chi connectivity index (χ4v) is 2.01. The highest BCUT2D eigenvalue weighted by atomic mass is 35.5. The van der Waals surface area contributed by atoms with Gasteiger partial charge in [0.25, 0.3) is 0 Å². The van der Waals surface area contributed by atoms with Gasteiger partial charge < -0.3 is 10.2 Å². The van der Waals surface area contributed by atoms with Crippen LogP contribution in [0.4, 0.5) is 5.69 Å². The van der Waals surface area contributed by atoms with Crippen molar-refractivity contribution in [3.05, 3.63) is 28.8 Å². The van der Waals surface area contributed by atoms with Crippen LogP contribution in [0.3, 0.4) is 0 Å². The van der Waals surface area contributed by atoms with Crippen LogP contribution in [0.15, 0.2) is 18.2 Å². The number of hydrogen-bond donors (Lipinski definition) is 1. The fourth-order valence-electron chi connectivity index (χ4n) is 1.84. The minimum atomic E-state index is -0.110. The number of rotatable bonds is 1. The number of carbonyl (C=O) groups is 2. The predicted molar refractivity (Wildman–Crippen MR) is 66.2 cm³/mol. The number of carbonyl (C=O) groups excluding carboxylic acids is 2. The lowest BCUT2D eigenvalue weighted by atomic mass is 10.1. The third kappa shape index (κ3) is 2.42. The van der Waals surface area contributed by atoms with Gasteiger partial charge in [0, 0.05) is 23.7 Å². The Morgan fingerprint density at radius 3 is 2.88 bits per heavy atom. The van der Waals surface area contributed by atoms with Crippen LogP contribution in [0.25, 0.3) is 0 Å². The van der Waals surface area contributed by atoms with Crippen molar-refractivity contribution < 1.29 is 9.59 Å². The Morgan fingerprint density at radius 1 is 1.35 bits per heavy atom. The standard InChI is InChI=1S/C12H13ClN2O2/c1-8-9(13)3-2-4-10(8)15-6-5-11(16)14-7-12(15)17/h2-4H,5-7H2,1H3,(H,14,16). The van der Waals surface area contributed by atoms with Crippen LogP contribution >= 0.6 is 11.6 Å². The number of amides is 2. The molecule has 0 radical (unpaired) electrons. The Kier molecular flexibility index (Phi) is 3.33. The van der Waals surface area contributed by atoms with Crippen LogP contribution < -0.4 is 10.2 Å². The molecule has 1 fully saturated rings. The quantitative estimate of drug-likeness (QED) is 0.824. The summed E-state index contributed by atoms with van der Waals surface area (Å²) in [6, 6.07) is 5.43. The van der Waals surface area contributed by atoms with E-state index >= 15 is 0 Å². The molecule has 4 nitrogen and oxygen atoms in total. The summed E-state index contributed by atoms with van der Waals surface area (Å²) in [4.78, 5) is 24.7. The summed E-state index contributed by atoms with van der Waals surface area (Å²) in [7, 11) is 0. The third-order valence-electron chi connectivity index (χ3n) is 2.83. The Hall–Kier alpha value is -1.55. The molecule has 2 rings (SSSR count). The van der Waals surface area contributed by atoms with Crippen molar-refractivity contribution in [1.29, 1.82) is 0 Å². The third-order valence-corrected chi connectivity index (χ3v) is 3.24. The first-order valence-electron chi connectivity index (χ1n) is 5.42. The largest absolute Gasteiger partial charge is 0.347 e. The maximum Gasteiger partial charge on any atom is 0.246 e. The summed E-state index contributed by atoms with van der Waals surface area (Å²) >= 11 is 6.03. The Balaban J connectivity index is 2.34. The van der Waals surface area contributed by atoms with Crippen molar-refractivity contribution >= 4 is 29.1 Å². The molecule has 1 aromatic rings. The molecule has 1 heterocycles. The molecule has 0 saturated carbocycles. The molecule has 0 aliphatic carbocycles. The molecule has 0 spiro atoms. The van der Waals surface area contributed by atoms with E-state index in [9.17, 15) is 9.59 Å². The van der Waals surface area contributed by atoms with Crippen LogP contribution in [-0.4, -0.2) is 24.9 Å². The predicted octanol–water partition coefficient (Wildman–Crippen LogP) is 1.50. The molecule has 0 aromatic heterocycles. The second kappa shape index (κ2) is 4.75. The molecule has 5 heteroatoms. The molecule has 0 atom stereocenters. The lowest BCUT2D eigenvalue weighted by Gasteiger charge is -2.22. The second-order valence-corrected chi connectivity index (χ2v) is 4.36. The zero-order valence-electron chi connectivity index (χ0n) is 9.50. The van der Waals surface area contributed by atoms with E-state index < -0.39 is 0 Å². The van der Waals surface area contributed by atoms with Gasteiger partial charge in [-0.3, -0.25) is 9.59 Å². The van der Waals surface area contributed by atoms with Crippen LogP contribution in [0.5, 0.6) is 0 Å². The number of nitrogens with zero attached hydrogens (tertiary/aromatic N) is 1. The lowest BCUT2D eigenvalue weighted by molar-refractivity contribution is -0.123. The van der Waals surface area contributed by atoms with Crippen molar-refractivity contribution in [2.45, 2.75) is 13.3 Å². The minimum Gasteiger partial charge on any atom is -0.347 e. The van der Waals surface area contributed by atoms with Gasteiger partial charge in [-0.25, -0.2) is 0 Å². The molecule has 0 unspecified atom stereocenters. The molecule has 1 aliphatic rings. The van der Waals surface area contributed by atoms with Crippen LogP contribution in [0.2, 0.25) is 5.02 Å². The molecule has 1 saturated heterocycles. The maximum absolute atomic E-state index is 11.9. The monoisotopic (exact) mass is 252 g/mol. The number of nitrogens with one attached hydrogen (secondary N) is 1. The van der Waals surface area contributed by atoms with Gasteiger partial charge in [-0.2, -0.15) is 0 Å². The van der Waals surface area contributed by atoms with Crippen LogP contribution in [0.1, 0.15) is 12.0 Å². The van der Waals surface area contributed by atoms with Gasteiger partial charge in [0.2, 0.25) is 11.8 Å². The van der Waals surface area contributed by atoms with Crippen LogP contribution in [-0.2, 0) is 9.59 Å². The summed E-state index contributed by atoms with van der Waals surface area (Å²) < 4.78 is 0. The van der Waals surface area contributed by atoms with Gasteiger partial charge in [-0.1, -0.05) is 17.7 Å².